The molecule has 1 N–H and O–H groups in total. The summed E-state index contributed by atoms with van der Waals surface area (Å²) in [5, 5.41) is 3.44. The zero-order valence-corrected chi connectivity index (χ0v) is 17.1. The molecule has 0 fully saturated rings. The van der Waals surface area contributed by atoms with E-state index in [1.165, 1.54) is 5.56 Å². The predicted molar refractivity (Wildman–Crippen MR) is 122 cm³/mol. The average molecular weight is 396 g/mol. The van der Waals surface area contributed by atoms with Gasteiger partial charge in [0, 0.05) is 43.7 Å². The summed E-state index contributed by atoms with van der Waals surface area (Å²) in [6.45, 7) is 4.36. The molecule has 0 aliphatic heterocycles. The number of pyridine rings is 1. The van der Waals surface area contributed by atoms with Crippen LogP contribution in [0, 0.1) is 0 Å². The van der Waals surface area contributed by atoms with Gasteiger partial charge in [-0.1, -0.05) is 66.7 Å². The molecule has 0 bridgehead atoms. The molecule has 0 atom stereocenters. The Hall–Kier alpha value is -3.73. The Labute approximate surface area is 177 Å². The Bertz CT molecular complexity index is 1050. The largest absolute Gasteiger partial charge is 0.366 e. The van der Waals surface area contributed by atoms with Gasteiger partial charge in [-0.3, -0.25) is 4.98 Å². The fraction of sp³-hybridized carbons (Fsp3) is 0.160. The zero-order valence-electron chi connectivity index (χ0n) is 17.1. The van der Waals surface area contributed by atoms with Gasteiger partial charge in [0.15, 0.2) is 0 Å². The highest BCUT2D eigenvalue weighted by atomic mass is 15.3. The van der Waals surface area contributed by atoms with Crippen LogP contribution in [0.3, 0.4) is 0 Å². The predicted octanol–water partition coefficient (Wildman–Crippen LogP) is 5.18. The number of hydrogen-bond donors (Lipinski definition) is 1. The van der Waals surface area contributed by atoms with Gasteiger partial charge in [0.2, 0.25) is 5.95 Å². The molecule has 2 aromatic carbocycles. The maximum Gasteiger partial charge on any atom is 0.228 e. The summed E-state index contributed by atoms with van der Waals surface area (Å²) in [5.41, 5.74) is 4.32. The van der Waals surface area contributed by atoms with Crippen molar-refractivity contribution in [2.24, 2.45) is 0 Å². The third kappa shape index (κ3) is 5.00. The highest BCUT2D eigenvalue weighted by molar-refractivity contribution is 5.64. The minimum atomic E-state index is 0.656. The fourth-order valence-corrected chi connectivity index (χ4v) is 3.25. The number of nitrogens with zero attached hydrogens (tertiary/aromatic N) is 4. The lowest BCUT2D eigenvalue weighted by Crippen LogP contribution is -2.24. The van der Waals surface area contributed by atoms with Crippen molar-refractivity contribution in [1.82, 2.24) is 15.0 Å². The molecule has 150 valence electrons. The minimum Gasteiger partial charge on any atom is -0.366 e. The maximum absolute atomic E-state index is 4.89. The van der Waals surface area contributed by atoms with E-state index in [2.05, 4.69) is 58.5 Å². The molecule has 0 unspecified atom stereocenters. The van der Waals surface area contributed by atoms with Crippen molar-refractivity contribution in [2.45, 2.75) is 20.0 Å². The fourth-order valence-electron chi connectivity index (χ4n) is 3.25. The molecule has 2 heterocycles. The van der Waals surface area contributed by atoms with Gasteiger partial charge in [-0.05, 0) is 24.1 Å². The van der Waals surface area contributed by atoms with E-state index in [4.69, 9.17) is 9.97 Å². The van der Waals surface area contributed by atoms with Crippen molar-refractivity contribution in [3.63, 3.8) is 0 Å². The average Bonchev–Trinajstić information content (AvgIpc) is 2.83. The second-order valence-electron chi connectivity index (χ2n) is 7.02. The monoisotopic (exact) mass is 395 g/mol. The van der Waals surface area contributed by atoms with Crippen molar-refractivity contribution in [1.29, 1.82) is 0 Å². The van der Waals surface area contributed by atoms with E-state index >= 15 is 0 Å². The van der Waals surface area contributed by atoms with Gasteiger partial charge in [-0.25, -0.2) is 4.98 Å². The Morgan fingerprint density at radius 2 is 1.57 bits per heavy atom. The molecule has 0 aliphatic rings. The van der Waals surface area contributed by atoms with Crippen LogP contribution in [0.15, 0.2) is 91.3 Å². The van der Waals surface area contributed by atoms with Crippen LogP contribution < -0.4 is 10.2 Å². The number of aromatic nitrogens is 3. The first-order chi connectivity index (χ1) is 14.8. The number of anilines is 2. The van der Waals surface area contributed by atoms with Crippen molar-refractivity contribution < 1.29 is 0 Å². The zero-order chi connectivity index (χ0) is 20.6. The lowest BCUT2D eigenvalue weighted by atomic mass is 10.1. The summed E-state index contributed by atoms with van der Waals surface area (Å²) in [6, 6.07) is 26.6. The lowest BCUT2D eigenvalue weighted by molar-refractivity contribution is 0.792. The van der Waals surface area contributed by atoms with Crippen LogP contribution in [-0.4, -0.2) is 21.5 Å². The van der Waals surface area contributed by atoms with Crippen LogP contribution in [0.2, 0.25) is 0 Å². The van der Waals surface area contributed by atoms with E-state index in [1.54, 1.807) is 6.20 Å². The summed E-state index contributed by atoms with van der Waals surface area (Å²) in [7, 11) is 0. The van der Waals surface area contributed by atoms with E-state index < -0.39 is 0 Å². The Morgan fingerprint density at radius 3 is 2.27 bits per heavy atom. The van der Waals surface area contributed by atoms with Gasteiger partial charge in [0.05, 0.1) is 5.69 Å². The third-order valence-corrected chi connectivity index (χ3v) is 4.86. The van der Waals surface area contributed by atoms with Crippen molar-refractivity contribution in [3.8, 4) is 11.3 Å². The first kappa shape index (κ1) is 19.6. The second-order valence-corrected chi connectivity index (χ2v) is 7.02. The molecule has 30 heavy (non-hydrogen) atoms. The molecule has 0 radical (unpaired) electrons. The molecule has 4 aromatic rings. The van der Waals surface area contributed by atoms with Crippen LogP contribution in [0.5, 0.6) is 0 Å². The standard InChI is InChI=1S/C25H25N5/c1-2-30(19-20-10-5-3-6-11-20)25-28-23(22-13-7-4-8-14-22)16-24(29-25)27-18-21-12-9-15-26-17-21/h3-17H,2,18-19H2,1H3,(H,27,28,29). The van der Waals surface area contributed by atoms with Gasteiger partial charge in [0.25, 0.3) is 0 Å². The first-order valence-corrected chi connectivity index (χ1v) is 10.2. The van der Waals surface area contributed by atoms with Crippen LogP contribution in [-0.2, 0) is 13.1 Å². The SMILES string of the molecule is CCN(Cc1ccccc1)c1nc(NCc2cccnc2)cc(-c2ccccc2)n1. The second kappa shape index (κ2) is 9.65. The molecule has 4 rings (SSSR count). The van der Waals surface area contributed by atoms with Gasteiger partial charge >= 0.3 is 0 Å². The molecule has 2 aromatic heterocycles. The van der Waals surface area contributed by atoms with E-state index in [0.717, 1.165) is 41.7 Å². The number of nitrogens with one attached hydrogen (secondary N) is 1. The van der Waals surface area contributed by atoms with Crippen LogP contribution in [0.4, 0.5) is 11.8 Å². The lowest BCUT2D eigenvalue weighted by Gasteiger charge is -2.22. The van der Waals surface area contributed by atoms with E-state index in [0.29, 0.717) is 6.54 Å². The molecule has 0 saturated carbocycles. The number of hydrogen-bond acceptors (Lipinski definition) is 5. The molecule has 0 saturated heterocycles. The summed E-state index contributed by atoms with van der Waals surface area (Å²) in [5.74, 6) is 1.52. The van der Waals surface area contributed by atoms with E-state index in [9.17, 15) is 0 Å². The van der Waals surface area contributed by atoms with Gasteiger partial charge in [-0.15, -0.1) is 0 Å². The van der Waals surface area contributed by atoms with Crippen molar-refractivity contribution >= 4 is 11.8 Å². The van der Waals surface area contributed by atoms with Crippen LogP contribution in [0.1, 0.15) is 18.1 Å². The smallest absolute Gasteiger partial charge is 0.228 e. The van der Waals surface area contributed by atoms with Gasteiger partial charge < -0.3 is 10.2 Å². The third-order valence-electron chi connectivity index (χ3n) is 4.86. The number of benzene rings is 2. The van der Waals surface area contributed by atoms with Crippen molar-refractivity contribution in [3.05, 3.63) is 102 Å². The summed E-state index contributed by atoms with van der Waals surface area (Å²) in [6.07, 6.45) is 3.64. The molecule has 5 heteroatoms. The molecule has 0 aliphatic carbocycles. The summed E-state index contributed by atoms with van der Waals surface area (Å²) in [4.78, 5) is 16.1. The topological polar surface area (TPSA) is 53.9 Å². The quantitative estimate of drug-likeness (QED) is 0.446. The van der Waals surface area contributed by atoms with E-state index in [-0.39, 0.29) is 0 Å². The van der Waals surface area contributed by atoms with Crippen LogP contribution >= 0.6 is 0 Å². The van der Waals surface area contributed by atoms with Crippen molar-refractivity contribution in [2.75, 3.05) is 16.8 Å². The number of rotatable bonds is 8. The minimum absolute atomic E-state index is 0.656. The molecular weight excluding hydrogens is 370 g/mol. The highest BCUT2D eigenvalue weighted by Crippen LogP contribution is 2.24. The molecule has 0 spiro atoms. The molecular formula is C25H25N5. The normalized spacial score (nSPS) is 10.6. The summed E-state index contributed by atoms with van der Waals surface area (Å²) >= 11 is 0. The Morgan fingerprint density at radius 1 is 0.833 bits per heavy atom. The Kier molecular flexibility index (Phi) is 6.30. The van der Waals surface area contributed by atoms with Crippen LogP contribution in [0.25, 0.3) is 11.3 Å². The maximum atomic E-state index is 4.89. The Balaban J connectivity index is 1.65. The summed E-state index contributed by atoms with van der Waals surface area (Å²) < 4.78 is 0. The first-order valence-electron chi connectivity index (χ1n) is 10.2. The van der Waals surface area contributed by atoms with Gasteiger partial charge in [0.1, 0.15) is 5.82 Å². The molecule has 5 nitrogen and oxygen atoms in total. The van der Waals surface area contributed by atoms with Gasteiger partial charge in [-0.2, -0.15) is 4.98 Å². The molecule has 0 amide bonds. The highest BCUT2D eigenvalue weighted by Gasteiger charge is 2.13. The van der Waals surface area contributed by atoms with E-state index in [1.807, 2.05) is 48.7 Å².